The molecular formula is C28H34F2N6O5. The maximum atomic E-state index is 14.1. The number of nitrogens with zero attached hydrogens (tertiary/aromatic N) is 6. The number of halogens is 2. The summed E-state index contributed by atoms with van der Waals surface area (Å²) in [5.41, 5.74) is 0.954. The molecule has 1 amide bonds. The highest BCUT2D eigenvalue weighted by atomic mass is 19.3. The molecule has 5 heterocycles. The van der Waals surface area contributed by atoms with Crippen LogP contribution >= 0.6 is 0 Å². The maximum Gasteiger partial charge on any atom is 0.296 e. The van der Waals surface area contributed by atoms with Crippen molar-refractivity contribution in [3.8, 4) is 11.7 Å². The number of carbonyl (C=O) groups is 1. The predicted octanol–water partition coefficient (Wildman–Crippen LogP) is 3.16. The molecule has 0 N–H and O–H groups in total. The Labute approximate surface area is 236 Å². The quantitative estimate of drug-likeness (QED) is 0.383. The van der Waals surface area contributed by atoms with E-state index in [2.05, 4.69) is 15.0 Å². The number of rotatable bonds is 9. The molecule has 13 heteroatoms. The SMILES string of the molecule is O=C(COCC1CCCCO1)N1CC[C@H](Oc2cc(-n3c(C(F)F)nc4ccccc43)nc(N3CCOCC3)n2)C1. The average Bonchev–Trinajstić information content (AvgIpc) is 3.63. The zero-order chi connectivity index (χ0) is 28.2. The van der Waals surface area contributed by atoms with Crippen molar-refractivity contribution < 1.29 is 32.5 Å². The molecule has 3 saturated heterocycles. The van der Waals surface area contributed by atoms with Crippen molar-refractivity contribution in [1.29, 1.82) is 0 Å². The number of amides is 1. The molecular weight excluding hydrogens is 538 g/mol. The van der Waals surface area contributed by atoms with Crippen molar-refractivity contribution in [2.75, 3.05) is 64.1 Å². The van der Waals surface area contributed by atoms with Crippen LogP contribution in [0.3, 0.4) is 0 Å². The molecule has 3 aliphatic heterocycles. The smallest absolute Gasteiger partial charge is 0.296 e. The standard InChI is InChI=1S/C28H34F2N6O5/c29-26(30)27-31-21-6-1-2-7-22(21)36(27)23-15-24(33-28(32-23)34-10-13-38-14-11-34)41-19-8-9-35(16-19)25(37)18-39-17-20-5-3-4-12-40-20/h1-2,6-7,15,19-20,26H,3-5,8-14,16-18H2/t19-,20?/m0/s1. The van der Waals surface area contributed by atoms with E-state index >= 15 is 0 Å². The van der Waals surface area contributed by atoms with Crippen molar-refractivity contribution in [2.24, 2.45) is 0 Å². The van der Waals surface area contributed by atoms with Crippen LogP contribution < -0.4 is 9.64 Å². The second-order valence-corrected chi connectivity index (χ2v) is 10.4. The van der Waals surface area contributed by atoms with Gasteiger partial charge in [0.1, 0.15) is 18.5 Å². The summed E-state index contributed by atoms with van der Waals surface area (Å²) in [6, 6.07) is 8.50. The van der Waals surface area contributed by atoms with Crippen LogP contribution in [-0.4, -0.2) is 102 Å². The zero-order valence-electron chi connectivity index (χ0n) is 22.8. The van der Waals surface area contributed by atoms with Crippen LogP contribution in [0, 0.1) is 0 Å². The van der Waals surface area contributed by atoms with Gasteiger partial charge in [-0.3, -0.25) is 9.36 Å². The zero-order valence-corrected chi connectivity index (χ0v) is 22.8. The van der Waals surface area contributed by atoms with Gasteiger partial charge in [0.05, 0.1) is 43.5 Å². The summed E-state index contributed by atoms with van der Waals surface area (Å²) in [6.07, 6.45) is 0.681. The van der Waals surface area contributed by atoms with Gasteiger partial charge in [-0.15, -0.1) is 0 Å². The number of likely N-dealkylation sites (tertiary alicyclic amines) is 1. The number of anilines is 1. The van der Waals surface area contributed by atoms with Gasteiger partial charge in [0, 0.05) is 38.7 Å². The number of imidazole rings is 1. The second kappa shape index (κ2) is 12.6. The van der Waals surface area contributed by atoms with Crippen molar-refractivity contribution in [3.63, 3.8) is 0 Å². The summed E-state index contributed by atoms with van der Waals surface area (Å²) in [5, 5.41) is 0. The van der Waals surface area contributed by atoms with Gasteiger partial charge in [-0.1, -0.05) is 12.1 Å². The van der Waals surface area contributed by atoms with Crippen molar-refractivity contribution in [1.82, 2.24) is 24.4 Å². The molecule has 0 bridgehead atoms. The highest BCUT2D eigenvalue weighted by molar-refractivity contribution is 5.78. The summed E-state index contributed by atoms with van der Waals surface area (Å²) < 4.78 is 52.6. The number of hydrogen-bond acceptors (Lipinski definition) is 9. The van der Waals surface area contributed by atoms with E-state index in [-0.39, 0.29) is 36.4 Å². The normalized spacial score (nSPS) is 21.6. The molecule has 11 nitrogen and oxygen atoms in total. The van der Waals surface area contributed by atoms with E-state index in [0.717, 1.165) is 25.9 Å². The second-order valence-electron chi connectivity index (χ2n) is 10.4. The van der Waals surface area contributed by atoms with Crippen molar-refractivity contribution in [2.45, 2.75) is 44.3 Å². The minimum Gasteiger partial charge on any atom is -0.472 e. The molecule has 220 valence electrons. The summed E-state index contributed by atoms with van der Waals surface area (Å²) in [7, 11) is 0. The molecule has 3 aromatic rings. The lowest BCUT2D eigenvalue weighted by atomic mass is 10.1. The minimum absolute atomic E-state index is 0.00444. The first kappa shape index (κ1) is 27.7. The van der Waals surface area contributed by atoms with Crippen molar-refractivity contribution >= 4 is 22.9 Å². The Morgan fingerprint density at radius 2 is 1.90 bits per heavy atom. The van der Waals surface area contributed by atoms with Crippen LogP contribution in [-0.2, 0) is 19.0 Å². The summed E-state index contributed by atoms with van der Waals surface area (Å²) in [4.78, 5) is 29.9. The molecule has 0 radical (unpaired) electrons. The van der Waals surface area contributed by atoms with E-state index < -0.39 is 12.2 Å². The third kappa shape index (κ3) is 6.41. The fraction of sp³-hybridized carbons (Fsp3) is 0.571. The van der Waals surface area contributed by atoms with Crippen LogP contribution in [0.5, 0.6) is 5.88 Å². The number of alkyl halides is 2. The first-order chi connectivity index (χ1) is 20.0. The Balaban J connectivity index is 1.19. The molecule has 2 aromatic heterocycles. The lowest BCUT2D eigenvalue weighted by molar-refractivity contribution is -0.137. The molecule has 3 fully saturated rings. The van der Waals surface area contributed by atoms with Crippen molar-refractivity contribution in [3.05, 3.63) is 36.2 Å². The number of para-hydroxylation sites is 2. The predicted molar refractivity (Wildman–Crippen MR) is 145 cm³/mol. The molecule has 1 aromatic carbocycles. The van der Waals surface area contributed by atoms with E-state index in [1.165, 1.54) is 4.57 Å². The van der Waals surface area contributed by atoms with Crippen LogP contribution in [0.4, 0.5) is 14.7 Å². The van der Waals surface area contributed by atoms with Gasteiger partial charge in [-0.05, 0) is 31.4 Å². The number of aromatic nitrogens is 4. The third-order valence-electron chi connectivity index (χ3n) is 7.57. The maximum absolute atomic E-state index is 14.1. The Kier molecular flexibility index (Phi) is 8.54. The van der Waals surface area contributed by atoms with Crippen LogP contribution in [0.1, 0.15) is 37.9 Å². The third-order valence-corrected chi connectivity index (χ3v) is 7.57. The van der Waals surface area contributed by atoms with Gasteiger partial charge in [0.2, 0.25) is 17.7 Å². The van der Waals surface area contributed by atoms with Crippen LogP contribution in [0.25, 0.3) is 16.9 Å². The molecule has 0 aliphatic carbocycles. The number of ether oxygens (including phenoxy) is 4. The molecule has 0 saturated carbocycles. The fourth-order valence-electron chi connectivity index (χ4n) is 5.44. The topological polar surface area (TPSA) is 104 Å². The highest BCUT2D eigenvalue weighted by Crippen LogP contribution is 2.30. The summed E-state index contributed by atoms with van der Waals surface area (Å²) in [5.74, 6) is 0.350. The summed E-state index contributed by atoms with van der Waals surface area (Å²) in [6.45, 7) is 4.20. The van der Waals surface area contributed by atoms with E-state index in [0.29, 0.717) is 69.4 Å². The number of carbonyl (C=O) groups excluding carboxylic acids is 1. The molecule has 41 heavy (non-hydrogen) atoms. The Hall–Kier alpha value is -3.42. The largest absolute Gasteiger partial charge is 0.472 e. The van der Waals surface area contributed by atoms with Gasteiger partial charge >= 0.3 is 0 Å². The van der Waals surface area contributed by atoms with E-state index in [9.17, 15) is 13.6 Å². The monoisotopic (exact) mass is 572 g/mol. The number of fused-ring (bicyclic) bond motifs is 1. The number of hydrogen-bond donors (Lipinski definition) is 0. The first-order valence-electron chi connectivity index (χ1n) is 14.2. The van der Waals surface area contributed by atoms with Gasteiger partial charge in [0.25, 0.3) is 6.43 Å². The van der Waals surface area contributed by atoms with Crippen LogP contribution in [0.2, 0.25) is 0 Å². The van der Waals surface area contributed by atoms with E-state index in [1.807, 2.05) is 4.90 Å². The fourth-order valence-corrected chi connectivity index (χ4v) is 5.44. The Morgan fingerprint density at radius 1 is 1.05 bits per heavy atom. The number of morpholine rings is 1. The lowest BCUT2D eigenvalue weighted by Crippen LogP contribution is -2.37. The van der Waals surface area contributed by atoms with Gasteiger partial charge < -0.3 is 28.7 Å². The number of benzene rings is 1. The van der Waals surface area contributed by atoms with E-state index in [1.54, 1.807) is 35.2 Å². The minimum atomic E-state index is -2.81. The molecule has 6 rings (SSSR count). The Bertz CT molecular complexity index is 1340. The molecule has 1 unspecified atom stereocenters. The van der Waals surface area contributed by atoms with Gasteiger partial charge in [-0.2, -0.15) is 9.97 Å². The molecule has 2 atom stereocenters. The van der Waals surface area contributed by atoms with Gasteiger partial charge in [-0.25, -0.2) is 13.8 Å². The van der Waals surface area contributed by atoms with Gasteiger partial charge in [0.15, 0.2) is 5.82 Å². The summed E-state index contributed by atoms with van der Waals surface area (Å²) >= 11 is 0. The highest BCUT2D eigenvalue weighted by Gasteiger charge is 2.30. The first-order valence-corrected chi connectivity index (χ1v) is 14.2. The lowest BCUT2D eigenvalue weighted by Gasteiger charge is -2.27. The van der Waals surface area contributed by atoms with E-state index in [4.69, 9.17) is 18.9 Å². The Morgan fingerprint density at radius 3 is 2.71 bits per heavy atom. The average molecular weight is 573 g/mol. The van der Waals surface area contributed by atoms with Crippen LogP contribution in [0.15, 0.2) is 30.3 Å². The molecule has 3 aliphatic rings. The molecule has 0 spiro atoms.